The smallest absolute Gasteiger partial charge is 0.316 e. The molecule has 10 heteroatoms. The first kappa shape index (κ1) is 22.5. The van der Waals surface area contributed by atoms with Crippen LogP contribution in [0.1, 0.15) is 12.5 Å². The third-order valence-electron chi connectivity index (χ3n) is 5.68. The van der Waals surface area contributed by atoms with Crippen molar-refractivity contribution >= 4 is 34.3 Å². The Hall–Kier alpha value is -3.24. The lowest BCUT2D eigenvalue weighted by Crippen LogP contribution is -2.36. The van der Waals surface area contributed by atoms with Crippen molar-refractivity contribution in [3.05, 3.63) is 52.3 Å². The van der Waals surface area contributed by atoms with Crippen molar-refractivity contribution < 1.29 is 23.7 Å². The maximum Gasteiger partial charge on any atom is 0.316 e. The van der Waals surface area contributed by atoms with Gasteiger partial charge >= 0.3 is 5.97 Å². The average molecular weight is 484 g/mol. The van der Waals surface area contributed by atoms with Gasteiger partial charge in [-0.15, -0.1) is 0 Å². The molecule has 3 aromatic rings. The van der Waals surface area contributed by atoms with Crippen LogP contribution in [0.5, 0.6) is 11.5 Å². The van der Waals surface area contributed by atoms with Gasteiger partial charge in [0.05, 0.1) is 43.0 Å². The molecule has 5 rings (SSSR count). The van der Waals surface area contributed by atoms with E-state index in [9.17, 15) is 9.59 Å². The lowest BCUT2D eigenvalue weighted by Gasteiger charge is -2.29. The number of anilines is 1. The molecule has 0 radical (unpaired) electrons. The van der Waals surface area contributed by atoms with Crippen molar-refractivity contribution in [1.82, 2.24) is 9.55 Å². The summed E-state index contributed by atoms with van der Waals surface area (Å²) in [4.78, 5) is 32.6. The quantitative estimate of drug-likeness (QED) is 0.286. The van der Waals surface area contributed by atoms with E-state index in [2.05, 4.69) is 4.90 Å². The summed E-state index contributed by atoms with van der Waals surface area (Å²) in [5.41, 5.74) is 2.27. The molecule has 0 amide bonds. The second-order valence-electron chi connectivity index (χ2n) is 7.87. The predicted octanol–water partition coefficient (Wildman–Crippen LogP) is 2.67. The Balaban J connectivity index is 1.53. The predicted molar refractivity (Wildman–Crippen MR) is 128 cm³/mol. The number of esters is 1. The van der Waals surface area contributed by atoms with E-state index in [1.165, 1.54) is 11.8 Å². The molecule has 0 bridgehead atoms. The summed E-state index contributed by atoms with van der Waals surface area (Å²) in [5.74, 6) is 1.05. The van der Waals surface area contributed by atoms with Gasteiger partial charge in [-0.25, -0.2) is 4.98 Å². The number of ether oxygens (including phenoxy) is 4. The topological polar surface area (TPSA) is 92.1 Å². The maximum absolute atomic E-state index is 13.7. The van der Waals surface area contributed by atoms with Gasteiger partial charge in [0.1, 0.15) is 0 Å². The molecule has 0 atom stereocenters. The van der Waals surface area contributed by atoms with Crippen molar-refractivity contribution in [1.29, 1.82) is 0 Å². The average Bonchev–Trinajstić information content (AvgIpc) is 3.33. The number of morpholine rings is 1. The zero-order chi connectivity index (χ0) is 23.5. The summed E-state index contributed by atoms with van der Waals surface area (Å²) < 4.78 is 23.0. The number of thioether (sulfide) groups is 1. The van der Waals surface area contributed by atoms with Gasteiger partial charge < -0.3 is 23.8 Å². The van der Waals surface area contributed by atoms with E-state index < -0.39 is 0 Å². The first-order chi connectivity index (χ1) is 16.6. The molecule has 0 spiro atoms. The lowest BCUT2D eigenvalue weighted by molar-refractivity contribution is -0.139. The van der Waals surface area contributed by atoms with Crippen LogP contribution in [-0.2, 0) is 20.8 Å². The number of carbonyl (C=O) groups is 1. The van der Waals surface area contributed by atoms with Gasteiger partial charge in [0.2, 0.25) is 6.79 Å². The zero-order valence-electron chi connectivity index (χ0n) is 18.8. The Morgan fingerprint density at radius 3 is 2.76 bits per heavy atom. The number of hydrogen-bond acceptors (Lipinski definition) is 9. The molecule has 1 saturated heterocycles. The normalized spacial score (nSPS) is 15.0. The third kappa shape index (κ3) is 4.69. The fourth-order valence-electron chi connectivity index (χ4n) is 4.00. The number of rotatable bonds is 7. The van der Waals surface area contributed by atoms with Crippen LogP contribution < -0.4 is 19.9 Å². The molecule has 2 aliphatic rings. The van der Waals surface area contributed by atoms with Gasteiger partial charge in [-0.05, 0) is 42.8 Å². The number of fused-ring (bicyclic) bond motifs is 2. The highest BCUT2D eigenvalue weighted by Gasteiger charge is 2.19. The summed E-state index contributed by atoms with van der Waals surface area (Å²) in [6.45, 7) is 5.40. The van der Waals surface area contributed by atoms with Crippen molar-refractivity contribution in [2.75, 3.05) is 50.4 Å². The number of nitrogens with zero attached hydrogens (tertiary/aromatic N) is 3. The number of hydrogen-bond donors (Lipinski definition) is 0. The molecule has 2 aromatic carbocycles. The van der Waals surface area contributed by atoms with Gasteiger partial charge in [-0.3, -0.25) is 14.2 Å². The second-order valence-corrected chi connectivity index (χ2v) is 8.81. The van der Waals surface area contributed by atoms with E-state index in [1.54, 1.807) is 11.5 Å². The minimum absolute atomic E-state index is 0.0682. The Labute approximate surface area is 200 Å². The van der Waals surface area contributed by atoms with Crippen LogP contribution >= 0.6 is 11.8 Å². The van der Waals surface area contributed by atoms with Crippen molar-refractivity contribution in [2.24, 2.45) is 0 Å². The lowest BCUT2D eigenvalue weighted by atomic mass is 10.1. The van der Waals surface area contributed by atoms with Gasteiger partial charge in [-0.1, -0.05) is 17.8 Å². The highest BCUT2D eigenvalue weighted by molar-refractivity contribution is 7.99. The summed E-state index contributed by atoms with van der Waals surface area (Å²) in [6.07, 6.45) is 0. The third-order valence-corrected chi connectivity index (χ3v) is 6.63. The van der Waals surface area contributed by atoms with Crippen LogP contribution in [0, 0.1) is 0 Å². The summed E-state index contributed by atoms with van der Waals surface area (Å²) in [6, 6.07) is 11.3. The van der Waals surface area contributed by atoms with Crippen LogP contribution in [0.4, 0.5) is 5.69 Å². The van der Waals surface area contributed by atoms with E-state index in [4.69, 9.17) is 23.9 Å². The van der Waals surface area contributed by atoms with Crippen LogP contribution in [-0.4, -0.2) is 61.0 Å². The van der Waals surface area contributed by atoms with E-state index in [1.807, 2.05) is 36.4 Å². The molecule has 1 fully saturated rings. The Morgan fingerprint density at radius 2 is 1.94 bits per heavy atom. The van der Waals surface area contributed by atoms with E-state index in [-0.39, 0.29) is 30.6 Å². The van der Waals surface area contributed by atoms with Gasteiger partial charge in [0.25, 0.3) is 5.56 Å². The molecule has 0 unspecified atom stereocenters. The largest absolute Gasteiger partial charge is 0.465 e. The van der Waals surface area contributed by atoms with Crippen LogP contribution in [0.15, 0.2) is 46.3 Å². The molecule has 0 saturated carbocycles. The summed E-state index contributed by atoms with van der Waals surface area (Å²) in [5, 5.41) is 0.993. The second kappa shape index (κ2) is 9.94. The summed E-state index contributed by atoms with van der Waals surface area (Å²) in [7, 11) is 0. The highest BCUT2D eigenvalue weighted by atomic mass is 32.2. The van der Waals surface area contributed by atoms with Crippen molar-refractivity contribution in [2.45, 2.75) is 18.6 Å². The van der Waals surface area contributed by atoms with Gasteiger partial charge in [0, 0.05) is 18.8 Å². The molecular formula is C24H25N3O6S. The number of benzene rings is 2. The van der Waals surface area contributed by atoms with Crippen LogP contribution in [0.25, 0.3) is 10.9 Å². The molecule has 3 heterocycles. The maximum atomic E-state index is 13.7. The summed E-state index contributed by atoms with van der Waals surface area (Å²) >= 11 is 1.20. The van der Waals surface area contributed by atoms with Crippen LogP contribution in [0.3, 0.4) is 0 Å². The zero-order valence-corrected chi connectivity index (χ0v) is 19.6. The molecule has 2 aliphatic heterocycles. The Bertz CT molecular complexity index is 1270. The molecule has 1 aromatic heterocycles. The standard InChI is InChI=1S/C24H25N3O6S/c1-2-31-22(28)14-34-24-25-19-5-4-17(26-7-9-30-10-8-26)12-18(19)23(29)27(24)13-16-3-6-20-21(11-16)33-15-32-20/h3-6,11-12H,2,7-10,13-15H2,1H3. The van der Waals surface area contributed by atoms with Crippen molar-refractivity contribution in [3.63, 3.8) is 0 Å². The fourth-order valence-corrected chi connectivity index (χ4v) is 4.80. The van der Waals surface area contributed by atoms with Gasteiger partial charge in [-0.2, -0.15) is 0 Å². The highest BCUT2D eigenvalue weighted by Crippen LogP contribution is 2.33. The van der Waals surface area contributed by atoms with E-state index in [0.29, 0.717) is 47.4 Å². The molecular weight excluding hydrogens is 458 g/mol. The van der Waals surface area contributed by atoms with E-state index in [0.717, 1.165) is 24.3 Å². The first-order valence-corrected chi connectivity index (χ1v) is 12.1. The Kier molecular flexibility index (Phi) is 6.59. The fraction of sp³-hybridized carbons (Fsp3) is 0.375. The molecule has 0 N–H and O–H groups in total. The monoisotopic (exact) mass is 483 g/mol. The number of carbonyl (C=O) groups excluding carboxylic acids is 1. The van der Waals surface area contributed by atoms with Gasteiger partial charge in [0.15, 0.2) is 16.7 Å². The molecule has 34 heavy (non-hydrogen) atoms. The van der Waals surface area contributed by atoms with Crippen LogP contribution in [0.2, 0.25) is 0 Å². The SMILES string of the molecule is CCOC(=O)CSc1nc2ccc(N3CCOCC3)cc2c(=O)n1Cc1ccc2c(c1)OCO2. The Morgan fingerprint density at radius 1 is 1.12 bits per heavy atom. The molecule has 178 valence electrons. The minimum atomic E-state index is -0.348. The molecule has 9 nitrogen and oxygen atoms in total. The van der Waals surface area contributed by atoms with E-state index >= 15 is 0 Å². The molecule has 0 aliphatic carbocycles. The first-order valence-electron chi connectivity index (χ1n) is 11.2. The minimum Gasteiger partial charge on any atom is -0.465 e. The van der Waals surface area contributed by atoms with Crippen molar-refractivity contribution in [3.8, 4) is 11.5 Å². The number of aromatic nitrogens is 2.